The van der Waals surface area contributed by atoms with Gasteiger partial charge in [-0.2, -0.15) is 0 Å². The molecular formula is C17H18F3N5O. The summed E-state index contributed by atoms with van der Waals surface area (Å²) in [6.07, 6.45) is 4.90. The molecule has 0 bridgehead atoms. The Labute approximate surface area is 148 Å². The molecule has 138 valence electrons. The van der Waals surface area contributed by atoms with E-state index in [-0.39, 0.29) is 5.69 Å². The van der Waals surface area contributed by atoms with Gasteiger partial charge in [0.15, 0.2) is 17.5 Å². The van der Waals surface area contributed by atoms with Gasteiger partial charge in [-0.15, -0.1) is 0 Å². The van der Waals surface area contributed by atoms with E-state index in [9.17, 15) is 18.0 Å². The molecule has 2 heterocycles. The molecule has 0 aliphatic carbocycles. The summed E-state index contributed by atoms with van der Waals surface area (Å²) >= 11 is 0. The van der Waals surface area contributed by atoms with Crippen molar-refractivity contribution in [3.8, 4) is 0 Å². The van der Waals surface area contributed by atoms with Gasteiger partial charge in [0, 0.05) is 38.6 Å². The second kappa shape index (κ2) is 7.69. The van der Waals surface area contributed by atoms with Gasteiger partial charge >= 0.3 is 0 Å². The molecule has 1 saturated heterocycles. The van der Waals surface area contributed by atoms with Gasteiger partial charge in [-0.05, 0) is 19.1 Å². The molecule has 1 aliphatic rings. The summed E-state index contributed by atoms with van der Waals surface area (Å²) in [6, 6.07) is 1.23. The smallest absolute Gasteiger partial charge is 0.241 e. The predicted molar refractivity (Wildman–Crippen MR) is 90.2 cm³/mol. The topological polar surface area (TPSA) is 61.4 Å². The van der Waals surface area contributed by atoms with Crippen LogP contribution in [-0.4, -0.2) is 53.0 Å². The molecule has 1 atom stereocenters. The van der Waals surface area contributed by atoms with Crippen LogP contribution >= 0.6 is 0 Å². The van der Waals surface area contributed by atoms with E-state index in [1.807, 2.05) is 4.90 Å². The van der Waals surface area contributed by atoms with E-state index in [0.717, 1.165) is 18.0 Å². The van der Waals surface area contributed by atoms with Gasteiger partial charge < -0.3 is 10.2 Å². The first-order valence-electron chi connectivity index (χ1n) is 8.16. The third-order valence-electron chi connectivity index (χ3n) is 4.41. The highest BCUT2D eigenvalue weighted by atomic mass is 19.2. The standard InChI is InChI=1S/C17H18F3N5O/c1-11(17(26)23-13-3-2-12(18)15(19)16(13)20)24-6-8-25(9-7-24)14-10-21-4-5-22-14/h2-5,10-11H,6-9H2,1H3,(H,23,26). The molecule has 2 aromatic rings. The van der Waals surface area contributed by atoms with Crippen LogP contribution in [-0.2, 0) is 4.79 Å². The maximum Gasteiger partial charge on any atom is 0.241 e. The summed E-state index contributed by atoms with van der Waals surface area (Å²) in [6.45, 7) is 4.22. The fourth-order valence-electron chi connectivity index (χ4n) is 2.82. The zero-order valence-electron chi connectivity index (χ0n) is 14.1. The number of carbonyl (C=O) groups is 1. The molecule has 3 rings (SSSR count). The van der Waals surface area contributed by atoms with Crippen molar-refractivity contribution in [2.24, 2.45) is 0 Å². The number of rotatable bonds is 4. The number of piperazine rings is 1. The van der Waals surface area contributed by atoms with Gasteiger partial charge in [-0.1, -0.05) is 0 Å². The first kappa shape index (κ1) is 18.1. The van der Waals surface area contributed by atoms with Gasteiger partial charge in [0.05, 0.1) is 17.9 Å². The van der Waals surface area contributed by atoms with Gasteiger partial charge in [-0.3, -0.25) is 14.7 Å². The van der Waals surface area contributed by atoms with Crippen LogP contribution in [0.15, 0.2) is 30.7 Å². The van der Waals surface area contributed by atoms with Gasteiger partial charge in [0.2, 0.25) is 5.91 Å². The van der Waals surface area contributed by atoms with Crippen LogP contribution in [0, 0.1) is 17.5 Å². The van der Waals surface area contributed by atoms with Crippen molar-refractivity contribution in [1.29, 1.82) is 0 Å². The second-order valence-electron chi connectivity index (χ2n) is 5.97. The number of nitrogens with one attached hydrogen (secondary N) is 1. The average Bonchev–Trinajstić information content (AvgIpc) is 2.68. The van der Waals surface area contributed by atoms with Crippen molar-refractivity contribution in [1.82, 2.24) is 14.9 Å². The normalized spacial score (nSPS) is 16.4. The summed E-state index contributed by atoms with van der Waals surface area (Å²) in [7, 11) is 0. The van der Waals surface area contributed by atoms with E-state index in [0.29, 0.717) is 26.2 Å². The molecule has 9 heteroatoms. The van der Waals surface area contributed by atoms with Crippen LogP contribution in [0.25, 0.3) is 0 Å². The van der Waals surface area contributed by atoms with Crippen molar-refractivity contribution >= 4 is 17.4 Å². The SMILES string of the molecule is CC(C(=O)Nc1ccc(F)c(F)c1F)N1CCN(c2cnccn2)CC1. The Morgan fingerprint density at radius 1 is 1.12 bits per heavy atom. The summed E-state index contributed by atoms with van der Waals surface area (Å²) in [5, 5.41) is 2.32. The molecule has 1 amide bonds. The molecule has 1 N–H and O–H groups in total. The maximum atomic E-state index is 13.7. The molecule has 6 nitrogen and oxygen atoms in total. The fourth-order valence-corrected chi connectivity index (χ4v) is 2.82. The van der Waals surface area contributed by atoms with Crippen molar-refractivity contribution in [3.05, 3.63) is 48.2 Å². The lowest BCUT2D eigenvalue weighted by atomic mass is 10.2. The van der Waals surface area contributed by atoms with Gasteiger partial charge in [0.1, 0.15) is 5.82 Å². The number of amides is 1. The molecule has 1 aliphatic heterocycles. The van der Waals surface area contributed by atoms with E-state index >= 15 is 0 Å². The van der Waals surface area contributed by atoms with Crippen LogP contribution in [0.3, 0.4) is 0 Å². The molecule has 0 spiro atoms. The lowest BCUT2D eigenvalue weighted by molar-refractivity contribution is -0.120. The molecule has 1 aromatic heterocycles. The van der Waals surface area contributed by atoms with Crippen LogP contribution in [0.5, 0.6) is 0 Å². The highest BCUT2D eigenvalue weighted by Gasteiger charge is 2.27. The Morgan fingerprint density at radius 2 is 1.85 bits per heavy atom. The van der Waals surface area contributed by atoms with E-state index < -0.39 is 29.4 Å². The number of aromatic nitrogens is 2. The highest BCUT2D eigenvalue weighted by Crippen LogP contribution is 2.20. The molecule has 1 unspecified atom stereocenters. The predicted octanol–water partition coefficient (Wildman–Crippen LogP) is 2.04. The number of hydrogen-bond acceptors (Lipinski definition) is 5. The number of benzene rings is 1. The van der Waals surface area contributed by atoms with E-state index in [2.05, 4.69) is 20.2 Å². The molecule has 0 radical (unpaired) electrons. The largest absolute Gasteiger partial charge is 0.353 e. The van der Waals surface area contributed by atoms with E-state index in [4.69, 9.17) is 0 Å². The lowest BCUT2D eigenvalue weighted by Crippen LogP contribution is -2.53. The Bertz CT molecular complexity index is 781. The van der Waals surface area contributed by atoms with E-state index in [1.54, 1.807) is 25.5 Å². The zero-order chi connectivity index (χ0) is 18.7. The highest BCUT2D eigenvalue weighted by molar-refractivity contribution is 5.94. The molecule has 0 saturated carbocycles. The number of hydrogen-bond donors (Lipinski definition) is 1. The quantitative estimate of drug-likeness (QED) is 0.841. The van der Waals surface area contributed by atoms with Crippen molar-refractivity contribution in [2.75, 3.05) is 36.4 Å². The van der Waals surface area contributed by atoms with Crippen LogP contribution in [0.1, 0.15) is 6.92 Å². The second-order valence-corrected chi connectivity index (χ2v) is 5.97. The van der Waals surface area contributed by atoms with Crippen LogP contribution < -0.4 is 10.2 Å². The zero-order valence-corrected chi connectivity index (χ0v) is 14.1. The Balaban J connectivity index is 1.59. The number of carbonyl (C=O) groups excluding carboxylic acids is 1. The third-order valence-corrected chi connectivity index (χ3v) is 4.41. The summed E-state index contributed by atoms with van der Waals surface area (Å²) in [5.74, 6) is -4.02. The van der Waals surface area contributed by atoms with Crippen molar-refractivity contribution < 1.29 is 18.0 Å². The molecule has 26 heavy (non-hydrogen) atoms. The minimum Gasteiger partial charge on any atom is -0.353 e. The fraction of sp³-hybridized carbons (Fsp3) is 0.353. The Kier molecular flexibility index (Phi) is 5.36. The Morgan fingerprint density at radius 3 is 2.50 bits per heavy atom. The minimum atomic E-state index is -1.60. The monoisotopic (exact) mass is 365 g/mol. The van der Waals surface area contributed by atoms with Gasteiger partial charge in [-0.25, -0.2) is 18.2 Å². The molecule has 1 aromatic carbocycles. The first-order valence-corrected chi connectivity index (χ1v) is 8.16. The minimum absolute atomic E-state index is 0.376. The molecule has 1 fully saturated rings. The lowest BCUT2D eigenvalue weighted by Gasteiger charge is -2.37. The van der Waals surface area contributed by atoms with Crippen molar-refractivity contribution in [3.63, 3.8) is 0 Å². The van der Waals surface area contributed by atoms with E-state index in [1.165, 1.54) is 0 Å². The van der Waals surface area contributed by atoms with Crippen LogP contribution in [0.2, 0.25) is 0 Å². The number of halogens is 3. The summed E-state index contributed by atoms with van der Waals surface area (Å²) in [4.78, 5) is 24.6. The van der Waals surface area contributed by atoms with Crippen LogP contribution in [0.4, 0.5) is 24.7 Å². The number of anilines is 2. The van der Waals surface area contributed by atoms with Gasteiger partial charge in [0.25, 0.3) is 0 Å². The Hall–Kier alpha value is -2.68. The molecular weight excluding hydrogens is 347 g/mol. The maximum absolute atomic E-state index is 13.7. The first-order chi connectivity index (χ1) is 12.5. The van der Waals surface area contributed by atoms with Crippen molar-refractivity contribution in [2.45, 2.75) is 13.0 Å². The summed E-state index contributed by atoms with van der Waals surface area (Å²) in [5.41, 5.74) is -0.376. The summed E-state index contributed by atoms with van der Waals surface area (Å²) < 4.78 is 40.0. The number of nitrogens with zero attached hydrogens (tertiary/aromatic N) is 4. The average molecular weight is 365 g/mol. The third kappa shape index (κ3) is 3.77.